The maximum Gasteiger partial charge on any atom is 0.251 e. The second-order valence-corrected chi connectivity index (χ2v) is 6.68. The quantitative estimate of drug-likeness (QED) is 0.729. The summed E-state index contributed by atoms with van der Waals surface area (Å²) in [6.07, 6.45) is 13.1. The third-order valence-corrected chi connectivity index (χ3v) is 5.19. The standard InChI is InChI=1S/C19H27NO/c21-19-17-13-10-9-11-15(17)16-12-7-5-3-1-2-4-6-8-14-18(16)20-19/h9-11,13,16,18H,1-8,12,14H2,(H,20,21). The molecule has 1 aliphatic heterocycles. The van der Waals surface area contributed by atoms with Crippen molar-refractivity contribution < 1.29 is 4.79 Å². The molecule has 1 amide bonds. The van der Waals surface area contributed by atoms with Crippen LogP contribution >= 0.6 is 0 Å². The van der Waals surface area contributed by atoms with E-state index in [1.165, 1.54) is 63.4 Å². The van der Waals surface area contributed by atoms with Gasteiger partial charge in [0.05, 0.1) is 0 Å². The smallest absolute Gasteiger partial charge is 0.251 e. The predicted molar refractivity (Wildman–Crippen MR) is 86.6 cm³/mol. The number of fused-ring (bicyclic) bond motifs is 3. The van der Waals surface area contributed by atoms with Gasteiger partial charge in [0.25, 0.3) is 5.91 Å². The zero-order valence-corrected chi connectivity index (χ0v) is 12.9. The fourth-order valence-electron chi connectivity index (χ4n) is 4.01. The summed E-state index contributed by atoms with van der Waals surface area (Å²) in [6, 6.07) is 8.58. The number of amides is 1. The summed E-state index contributed by atoms with van der Waals surface area (Å²) < 4.78 is 0. The average molecular weight is 285 g/mol. The average Bonchev–Trinajstić information content (AvgIpc) is 2.49. The number of rotatable bonds is 0. The molecule has 2 unspecified atom stereocenters. The van der Waals surface area contributed by atoms with Crippen molar-refractivity contribution in [1.82, 2.24) is 5.32 Å². The molecule has 1 aromatic carbocycles. The van der Waals surface area contributed by atoms with Crippen molar-refractivity contribution in [2.75, 3.05) is 0 Å². The fourth-order valence-corrected chi connectivity index (χ4v) is 4.01. The molecule has 2 aliphatic rings. The van der Waals surface area contributed by atoms with Crippen LogP contribution in [0.5, 0.6) is 0 Å². The zero-order chi connectivity index (χ0) is 14.5. The maximum absolute atomic E-state index is 12.3. The molecule has 1 N–H and O–H groups in total. The highest BCUT2D eigenvalue weighted by molar-refractivity contribution is 5.97. The Balaban J connectivity index is 1.80. The van der Waals surface area contributed by atoms with Gasteiger partial charge in [-0.15, -0.1) is 0 Å². The van der Waals surface area contributed by atoms with E-state index in [1.807, 2.05) is 12.1 Å². The highest BCUT2D eigenvalue weighted by atomic mass is 16.1. The van der Waals surface area contributed by atoms with Crippen molar-refractivity contribution in [1.29, 1.82) is 0 Å². The van der Waals surface area contributed by atoms with Gasteiger partial charge in [-0.2, -0.15) is 0 Å². The molecule has 3 rings (SSSR count). The van der Waals surface area contributed by atoms with Gasteiger partial charge < -0.3 is 5.32 Å². The van der Waals surface area contributed by atoms with Gasteiger partial charge in [-0.3, -0.25) is 4.79 Å². The van der Waals surface area contributed by atoms with Crippen LogP contribution in [0.3, 0.4) is 0 Å². The second-order valence-electron chi connectivity index (χ2n) is 6.68. The molecule has 0 bridgehead atoms. The van der Waals surface area contributed by atoms with E-state index in [1.54, 1.807) is 0 Å². The zero-order valence-electron chi connectivity index (χ0n) is 12.9. The Bertz CT molecular complexity index is 482. The van der Waals surface area contributed by atoms with Crippen LogP contribution in [0, 0.1) is 0 Å². The topological polar surface area (TPSA) is 29.1 Å². The number of carbonyl (C=O) groups is 1. The molecule has 1 fully saturated rings. The minimum Gasteiger partial charge on any atom is -0.349 e. The van der Waals surface area contributed by atoms with Crippen LogP contribution in [0.15, 0.2) is 24.3 Å². The van der Waals surface area contributed by atoms with Gasteiger partial charge in [0.15, 0.2) is 0 Å². The fraction of sp³-hybridized carbons (Fsp3) is 0.632. The summed E-state index contributed by atoms with van der Waals surface area (Å²) in [7, 11) is 0. The molecule has 2 heteroatoms. The van der Waals surface area contributed by atoms with Crippen LogP contribution in [-0.2, 0) is 0 Å². The molecule has 0 saturated heterocycles. The summed E-state index contributed by atoms with van der Waals surface area (Å²) in [5.74, 6) is 0.664. The van der Waals surface area contributed by atoms with E-state index in [0.29, 0.717) is 12.0 Å². The predicted octanol–water partition coefficient (Wildman–Crippen LogP) is 4.80. The molecule has 21 heavy (non-hydrogen) atoms. The normalized spacial score (nSPS) is 27.5. The first-order chi connectivity index (χ1) is 10.4. The minimum absolute atomic E-state index is 0.138. The SMILES string of the molecule is O=C1NC2CCCCCCCCCCC2c2ccccc21. The Kier molecular flexibility index (Phi) is 4.95. The van der Waals surface area contributed by atoms with Crippen molar-refractivity contribution in [3.05, 3.63) is 35.4 Å². The summed E-state index contributed by atoms with van der Waals surface area (Å²) >= 11 is 0. The molecule has 2 nitrogen and oxygen atoms in total. The Morgan fingerprint density at radius 2 is 1.43 bits per heavy atom. The van der Waals surface area contributed by atoms with E-state index >= 15 is 0 Å². The second kappa shape index (κ2) is 7.11. The summed E-state index contributed by atoms with van der Waals surface area (Å²) in [5, 5.41) is 3.29. The first-order valence-corrected chi connectivity index (χ1v) is 8.76. The maximum atomic E-state index is 12.3. The number of benzene rings is 1. The molecule has 1 aromatic rings. The molecule has 2 atom stereocenters. The molecular formula is C19H27NO. The molecule has 114 valence electrons. The van der Waals surface area contributed by atoms with E-state index in [4.69, 9.17) is 0 Å². The molecular weight excluding hydrogens is 258 g/mol. The lowest BCUT2D eigenvalue weighted by atomic mass is 9.79. The summed E-state index contributed by atoms with van der Waals surface area (Å²) in [6.45, 7) is 0. The number of hydrogen-bond donors (Lipinski definition) is 1. The van der Waals surface area contributed by atoms with Gasteiger partial charge in [0.2, 0.25) is 0 Å². The van der Waals surface area contributed by atoms with Crippen molar-refractivity contribution in [2.45, 2.75) is 76.2 Å². The Morgan fingerprint density at radius 3 is 2.19 bits per heavy atom. The molecule has 1 saturated carbocycles. The number of carbonyl (C=O) groups excluding carboxylic acids is 1. The van der Waals surface area contributed by atoms with Crippen LogP contribution in [-0.4, -0.2) is 11.9 Å². The van der Waals surface area contributed by atoms with Gasteiger partial charge in [-0.05, 0) is 24.5 Å². The molecule has 0 aromatic heterocycles. The Labute approximate surface area is 128 Å². The lowest BCUT2D eigenvalue weighted by Crippen LogP contribution is -2.44. The largest absolute Gasteiger partial charge is 0.349 e. The van der Waals surface area contributed by atoms with Gasteiger partial charge in [0, 0.05) is 17.5 Å². The molecule has 1 heterocycles. The van der Waals surface area contributed by atoms with Crippen LogP contribution in [0.4, 0.5) is 0 Å². The van der Waals surface area contributed by atoms with Crippen LogP contribution in [0.25, 0.3) is 0 Å². The van der Waals surface area contributed by atoms with E-state index in [0.717, 1.165) is 12.0 Å². The molecule has 0 spiro atoms. The third kappa shape index (κ3) is 3.48. The summed E-state index contributed by atoms with van der Waals surface area (Å²) in [4.78, 5) is 12.3. The third-order valence-electron chi connectivity index (χ3n) is 5.19. The van der Waals surface area contributed by atoms with E-state index in [-0.39, 0.29) is 5.91 Å². The van der Waals surface area contributed by atoms with E-state index in [9.17, 15) is 4.79 Å². The minimum atomic E-state index is 0.138. The van der Waals surface area contributed by atoms with E-state index in [2.05, 4.69) is 17.4 Å². The van der Waals surface area contributed by atoms with Gasteiger partial charge in [-0.25, -0.2) is 0 Å². The lowest BCUT2D eigenvalue weighted by Gasteiger charge is -2.34. The lowest BCUT2D eigenvalue weighted by molar-refractivity contribution is 0.0908. The van der Waals surface area contributed by atoms with Crippen LogP contribution in [0.2, 0.25) is 0 Å². The van der Waals surface area contributed by atoms with E-state index < -0.39 is 0 Å². The van der Waals surface area contributed by atoms with Gasteiger partial charge >= 0.3 is 0 Å². The van der Waals surface area contributed by atoms with Crippen molar-refractivity contribution >= 4 is 5.91 Å². The van der Waals surface area contributed by atoms with Crippen molar-refractivity contribution in [3.8, 4) is 0 Å². The monoisotopic (exact) mass is 285 g/mol. The number of nitrogens with one attached hydrogen (secondary N) is 1. The van der Waals surface area contributed by atoms with Crippen LogP contribution in [0.1, 0.15) is 86.0 Å². The molecule has 0 radical (unpaired) electrons. The summed E-state index contributed by atoms with van der Waals surface area (Å²) in [5.41, 5.74) is 2.20. The van der Waals surface area contributed by atoms with Gasteiger partial charge in [0.1, 0.15) is 0 Å². The highest BCUT2D eigenvalue weighted by Gasteiger charge is 2.32. The number of hydrogen-bond acceptors (Lipinski definition) is 1. The van der Waals surface area contributed by atoms with Crippen molar-refractivity contribution in [3.63, 3.8) is 0 Å². The van der Waals surface area contributed by atoms with Crippen LogP contribution < -0.4 is 5.32 Å². The van der Waals surface area contributed by atoms with Crippen molar-refractivity contribution in [2.24, 2.45) is 0 Å². The van der Waals surface area contributed by atoms with Gasteiger partial charge in [-0.1, -0.05) is 69.6 Å². The Morgan fingerprint density at radius 1 is 0.810 bits per heavy atom. The Hall–Kier alpha value is -1.31. The highest BCUT2D eigenvalue weighted by Crippen LogP contribution is 2.35. The first-order valence-electron chi connectivity index (χ1n) is 8.76. The first kappa shape index (κ1) is 14.6. The molecule has 1 aliphatic carbocycles.